The summed E-state index contributed by atoms with van der Waals surface area (Å²) in [4.78, 5) is 14.7. The van der Waals surface area contributed by atoms with E-state index in [0.717, 1.165) is 17.9 Å². The van der Waals surface area contributed by atoms with E-state index in [9.17, 15) is 4.79 Å². The summed E-state index contributed by atoms with van der Waals surface area (Å²) in [6.07, 6.45) is 3.66. The molecule has 1 aliphatic heterocycles. The molecule has 1 amide bonds. The van der Waals surface area contributed by atoms with Gasteiger partial charge in [-0.3, -0.25) is 4.79 Å². The summed E-state index contributed by atoms with van der Waals surface area (Å²) >= 11 is 0. The van der Waals surface area contributed by atoms with Crippen LogP contribution < -0.4 is 16.0 Å². The van der Waals surface area contributed by atoms with Crippen molar-refractivity contribution in [2.75, 3.05) is 22.5 Å². The molecule has 0 unspecified atom stereocenters. The van der Waals surface area contributed by atoms with Gasteiger partial charge in [-0.1, -0.05) is 20.8 Å². The molecule has 4 heteroatoms. The lowest BCUT2D eigenvalue weighted by Gasteiger charge is -2.37. The smallest absolute Gasteiger partial charge is 0.229 e. The summed E-state index contributed by atoms with van der Waals surface area (Å²) in [6.45, 7) is 9.02. The molecule has 0 aromatic heterocycles. The van der Waals surface area contributed by atoms with Gasteiger partial charge in [0.25, 0.3) is 0 Å². The molecule has 21 heavy (non-hydrogen) atoms. The first-order chi connectivity index (χ1) is 9.79. The Hall–Kier alpha value is -1.71. The maximum atomic E-state index is 12.3. The molecule has 0 aliphatic carbocycles. The van der Waals surface area contributed by atoms with E-state index in [0.29, 0.717) is 11.7 Å². The fraction of sp³-hybridized carbons (Fsp3) is 0.588. The molecule has 2 rings (SSSR count). The molecule has 0 bridgehead atoms. The molecule has 1 aromatic carbocycles. The van der Waals surface area contributed by atoms with E-state index < -0.39 is 5.41 Å². The van der Waals surface area contributed by atoms with Crippen molar-refractivity contribution in [1.29, 1.82) is 0 Å². The van der Waals surface area contributed by atoms with Crippen molar-refractivity contribution in [1.82, 2.24) is 0 Å². The number of piperidine rings is 1. The third kappa shape index (κ3) is 3.69. The van der Waals surface area contributed by atoms with Gasteiger partial charge in [0.1, 0.15) is 0 Å². The van der Waals surface area contributed by atoms with Crippen LogP contribution >= 0.6 is 0 Å². The number of nitrogens with two attached hydrogens (primary N) is 1. The van der Waals surface area contributed by atoms with Crippen molar-refractivity contribution in [3.05, 3.63) is 18.2 Å². The summed E-state index contributed by atoms with van der Waals surface area (Å²) in [5, 5.41) is 3.05. The summed E-state index contributed by atoms with van der Waals surface area (Å²) < 4.78 is 0. The molecule has 1 aromatic rings. The highest BCUT2D eigenvalue weighted by Gasteiger charge is 2.25. The summed E-state index contributed by atoms with van der Waals surface area (Å²) in [5.41, 5.74) is 8.06. The van der Waals surface area contributed by atoms with Gasteiger partial charge in [0.2, 0.25) is 5.91 Å². The normalized spacial score (nSPS) is 19.4. The van der Waals surface area contributed by atoms with Crippen LogP contribution in [0.15, 0.2) is 18.2 Å². The molecule has 1 fully saturated rings. The zero-order valence-electron chi connectivity index (χ0n) is 13.6. The second-order valence-electron chi connectivity index (χ2n) is 7.02. The van der Waals surface area contributed by atoms with E-state index in [1.807, 2.05) is 39.0 Å². The number of hydrogen-bond acceptors (Lipinski definition) is 3. The van der Waals surface area contributed by atoms with E-state index in [1.165, 1.54) is 19.3 Å². The number of anilines is 3. The van der Waals surface area contributed by atoms with Crippen LogP contribution in [0.25, 0.3) is 0 Å². The Morgan fingerprint density at radius 3 is 2.67 bits per heavy atom. The fourth-order valence-corrected chi connectivity index (χ4v) is 2.67. The highest BCUT2D eigenvalue weighted by atomic mass is 16.2. The molecule has 3 N–H and O–H groups in total. The van der Waals surface area contributed by atoms with Gasteiger partial charge in [0.05, 0.1) is 11.4 Å². The molecule has 0 saturated carbocycles. The molecule has 1 heterocycles. The van der Waals surface area contributed by atoms with E-state index in [2.05, 4.69) is 17.1 Å². The number of nitrogens with one attached hydrogen (secondary N) is 1. The number of nitrogens with zero attached hydrogens (tertiary/aromatic N) is 1. The van der Waals surface area contributed by atoms with Crippen LogP contribution in [0.1, 0.15) is 47.0 Å². The van der Waals surface area contributed by atoms with Crippen molar-refractivity contribution in [3.63, 3.8) is 0 Å². The van der Waals surface area contributed by atoms with Gasteiger partial charge in [0.15, 0.2) is 0 Å². The quantitative estimate of drug-likeness (QED) is 0.817. The van der Waals surface area contributed by atoms with E-state index in [1.54, 1.807) is 0 Å². The van der Waals surface area contributed by atoms with E-state index >= 15 is 0 Å². The number of carbonyl (C=O) groups excluding carboxylic acids is 1. The second kappa shape index (κ2) is 5.96. The third-order valence-corrected chi connectivity index (χ3v) is 4.06. The lowest BCUT2D eigenvalue weighted by atomic mass is 9.95. The fourth-order valence-electron chi connectivity index (χ4n) is 2.67. The Morgan fingerprint density at radius 2 is 2.05 bits per heavy atom. The van der Waals surface area contributed by atoms with Gasteiger partial charge in [0, 0.05) is 23.7 Å². The lowest BCUT2D eigenvalue weighted by molar-refractivity contribution is -0.123. The minimum absolute atomic E-state index is 0.0130. The number of amides is 1. The Labute approximate surface area is 127 Å². The Bertz CT molecular complexity index is 519. The predicted octanol–water partition coefficient (Wildman–Crippen LogP) is 3.63. The molecule has 0 spiro atoms. The van der Waals surface area contributed by atoms with Crippen LogP contribution in [0.3, 0.4) is 0 Å². The molecule has 1 saturated heterocycles. The zero-order chi connectivity index (χ0) is 15.6. The molecule has 1 atom stereocenters. The van der Waals surface area contributed by atoms with Gasteiger partial charge in [-0.15, -0.1) is 0 Å². The lowest BCUT2D eigenvalue weighted by Crippen LogP contribution is -2.38. The average molecular weight is 289 g/mol. The van der Waals surface area contributed by atoms with Crippen LogP contribution in [0.5, 0.6) is 0 Å². The van der Waals surface area contributed by atoms with Crippen LogP contribution in [0, 0.1) is 5.41 Å². The summed E-state index contributed by atoms with van der Waals surface area (Å²) in [5.74, 6) is 0.0130. The van der Waals surface area contributed by atoms with Crippen molar-refractivity contribution < 1.29 is 4.79 Å². The van der Waals surface area contributed by atoms with Gasteiger partial charge in [-0.2, -0.15) is 0 Å². The zero-order valence-corrected chi connectivity index (χ0v) is 13.6. The Balaban J connectivity index is 2.31. The maximum Gasteiger partial charge on any atom is 0.229 e. The Kier molecular flexibility index (Phi) is 4.45. The largest absolute Gasteiger partial charge is 0.399 e. The van der Waals surface area contributed by atoms with Crippen LogP contribution in [-0.4, -0.2) is 18.5 Å². The predicted molar refractivity (Wildman–Crippen MR) is 89.6 cm³/mol. The highest BCUT2D eigenvalue weighted by Crippen LogP contribution is 2.33. The molecular weight excluding hydrogens is 262 g/mol. The first kappa shape index (κ1) is 15.7. The molecular formula is C17H27N3O. The van der Waals surface area contributed by atoms with Crippen molar-refractivity contribution in [2.24, 2.45) is 5.41 Å². The van der Waals surface area contributed by atoms with Gasteiger partial charge < -0.3 is 16.0 Å². The SMILES string of the molecule is C[C@H]1CCCCN1c1ccc(N)cc1NC(=O)C(C)(C)C. The Morgan fingerprint density at radius 1 is 1.33 bits per heavy atom. The van der Waals surface area contributed by atoms with Crippen molar-refractivity contribution in [2.45, 2.75) is 53.0 Å². The molecule has 4 nitrogen and oxygen atoms in total. The minimum atomic E-state index is -0.421. The standard InChI is InChI=1S/C17H27N3O/c1-12-7-5-6-10-20(12)15-9-8-13(18)11-14(15)19-16(21)17(2,3)4/h8-9,11-12H,5-7,10,18H2,1-4H3,(H,19,21)/t12-/m0/s1. The first-order valence-corrected chi connectivity index (χ1v) is 7.76. The van der Waals surface area contributed by atoms with Gasteiger partial charge >= 0.3 is 0 Å². The van der Waals surface area contributed by atoms with Crippen molar-refractivity contribution in [3.8, 4) is 0 Å². The van der Waals surface area contributed by atoms with Gasteiger partial charge in [-0.05, 0) is 44.4 Å². The number of benzene rings is 1. The number of hydrogen-bond donors (Lipinski definition) is 2. The van der Waals surface area contributed by atoms with E-state index in [4.69, 9.17) is 5.73 Å². The van der Waals surface area contributed by atoms with Crippen LogP contribution in [-0.2, 0) is 4.79 Å². The number of rotatable bonds is 2. The van der Waals surface area contributed by atoms with Crippen LogP contribution in [0.2, 0.25) is 0 Å². The molecule has 116 valence electrons. The summed E-state index contributed by atoms with van der Waals surface area (Å²) in [7, 11) is 0. The highest BCUT2D eigenvalue weighted by molar-refractivity contribution is 5.98. The molecule has 1 aliphatic rings. The molecule has 0 radical (unpaired) electrons. The first-order valence-electron chi connectivity index (χ1n) is 7.76. The van der Waals surface area contributed by atoms with E-state index in [-0.39, 0.29) is 5.91 Å². The monoisotopic (exact) mass is 289 g/mol. The van der Waals surface area contributed by atoms with Crippen LogP contribution in [0.4, 0.5) is 17.1 Å². The maximum absolute atomic E-state index is 12.3. The topological polar surface area (TPSA) is 58.4 Å². The number of carbonyl (C=O) groups is 1. The van der Waals surface area contributed by atoms with Crippen molar-refractivity contribution >= 4 is 23.0 Å². The third-order valence-electron chi connectivity index (χ3n) is 4.06. The average Bonchev–Trinajstić information content (AvgIpc) is 2.39. The summed E-state index contributed by atoms with van der Waals surface area (Å²) in [6, 6.07) is 6.28. The van der Waals surface area contributed by atoms with Gasteiger partial charge in [-0.25, -0.2) is 0 Å². The second-order valence-corrected chi connectivity index (χ2v) is 7.02. The minimum Gasteiger partial charge on any atom is -0.399 e. The number of nitrogen functional groups attached to an aromatic ring is 1.